The predicted octanol–water partition coefficient (Wildman–Crippen LogP) is 0.944. The lowest BCUT2D eigenvalue weighted by Crippen LogP contribution is -2.29. The fourth-order valence-corrected chi connectivity index (χ4v) is 2.34. The number of carbonyl (C=O) groups excluding carboxylic acids is 4. The molecule has 0 atom stereocenters. The fourth-order valence-electron chi connectivity index (χ4n) is 2.06. The number of amides is 2. The molecule has 0 fully saturated rings. The van der Waals surface area contributed by atoms with Gasteiger partial charge in [0.05, 0.1) is 39.6 Å². The highest BCUT2D eigenvalue weighted by Gasteiger charge is 2.07. The second-order valence-corrected chi connectivity index (χ2v) is 7.60. The molecule has 10 heteroatoms. The van der Waals surface area contributed by atoms with Gasteiger partial charge in [-0.25, -0.2) is 0 Å². The minimum absolute atomic E-state index is 0.0149. The zero-order chi connectivity index (χ0) is 22.6. The maximum Gasteiger partial charge on any atom is 0.222 e. The molecule has 0 radical (unpaired) electrons. The van der Waals surface area contributed by atoms with Gasteiger partial charge in [0, 0.05) is 44.7 Å². The van der Waals surface area contributed by atoms with Crippen LogP contribution in [-0.2, 0) is 33.4 Å². The van der Waals surface area contributed by atoms with Crippen LogP contribution in [0.25, 0.3) is 0 Å². The van der Waals surface area contributed by atoms with Crippen LogP contribution in [0.3, 0.4) is 0 Å². The maximum atomic E-state index is 11.6. The third-order valence-corrected chi connectivity index (χ3v) is 4.56. The Bertz CT molecular complexity index is 515. The number of nitrogens with one attached hydrogen (secondary N) is 2. The lowest BCUT2D eigenvalue weighted by molar-refractivity contribution is -0.124. The standard InChI is InChI=1S/C20H36N2O7S/c1-16(2)17(23)4-10-28-14-8-21-18(24)5-11-27-12-6-19(25)22-9-15-29-13-7-20(26)30-3/h16H,4-15H2,1-3H3,(H,21,24)(H,22,25). The smallest absolute Gasteiger partial charge is 0.222 e. The average Bonchev–Trinajstić information content (AvgIpc) is 2.72. The molecule has 0 aromatic rings. The number of ether oxygens (including phenoxy) is 3. The number of Topliss-reactive ketones (excluding diaryl/α,β-unsaturated/α-hetero) is 1. The van der Waals surface area contributed by atoms with E-state index >= 15 is 0 Å². The van der Waals surface area contributed by atoms with E-state index in [1.54, 1.807) is 6.26 Å². The molecule has 0 heterocycles. The number of hydrogen-bond donors (Lipinski definition) is 2. The van der Waals surface area contributed by atoms with E-state index in [9.17, 15) is 19.2 Å². The molecule has 0 unspecified atom stereocenters. The van der Waals surface area contributed by atoms with Gasteiger partial charge in [-0.3, -0.25) is 19.2 Å². The van der Waals surface area contributed by atoms with Crippen molar-refractivity contribution in [3.63, 3.8) is 0 Å². The summed E-state index contributed by atoms with van der Waals surface area (Å²) in [5.41, 5.74) is 0. The lowest BCUT2D eigenvalue weighted by Gasteiger charge is -2.08. The molecule has 9 nitrogen and oxygen atoms in total. The van der Waals surface area contributed by atoms with Crippen molar-refractivity contribution in [1.82, 2.24) is 10.6 Å². The molecule has 0 rings (SSSR count). The van der Waals surface area contributed by atoms with Crippen molar-refractivity contribution in [2.45, 2.75) is 39.5 Å². The van der Waals surface area contributed by atoms with Gasteiger partial charge < -0.3 is 24.8 Å². The molecule has 0 saturated carbocycles. The van der Waals surface area contributed by atoms with E-state index in [1.165, 1.54) is 11.8 Å². The molecule has 0 aliphatic carbocycles. The Morgan fingerprint density at radius 3 is 1.60 bits per heavy atom. The van der Waals surface area contributed by atoms with Crippen LogP contribution in [0.5, 0.6) is 0 Å². The van der Waals surface area contributed by atoms with Gasteiger partial charge in [-0.1, -0.05) is 25.6 Å². The molecule has 0 spiro atoms. The highest BCUT2D eigenvalue weighted by molar-refractivity contribution is 8.13. The number of ketones is 1. The minimum atomic E-state index is -0.156. The Morgan fingerprint density at radius 2 is 1.13 bits per heavy atom. The van der Waals surface area contributed by atoms with Crippen molar-refractivity contribution in [3.05, 3.63) is 0 Å². The van der Waals surface area contributed by atoms with Crippen molar-refractivity contribution in [3.8, 4) is 0 Å². The monoisotopic (exact) mass is 448 g/mol. The first kappa shape index (κ1) is 28.5. The average molecular weight is 449 g/mol. The first-order valence-electron chi connectivity index (χ1n) is 10.2. The van der Waals surface area contributed by atoms with Gasteiger partial charge in [-0.15, -0.1) is 0 Å². The number of thioether (sulfide) groups is 1. The van der Waals surface area contributed by atoms with E-state index in [0.29, 0.717) is 52.4 Å². The third-order valence-electron chi connectivity index (χ3n) is 3.90. The second kappa shape index (κ2) is 19.5. The number of hydrogen-bond acceptors (Lipinski definition) is 8. The molecule has 0 saturated heterocycles. The van der Waals surface area contributed by atoms with Gasteiger partial charge in [0.2, 0.25) is 11.8 Å². The quantitative estimate of drug-likeness (QED) is 0.280. The van der Waals surface area contributed by atoms with Crippen molar-refractivity contribution >= 4 is 34.5 Å². The number of carbonyl (C=O) groups is 4. The Labute approximate surface area is 183 Å². The van der Waals surface area contributed by atoms with E-state index in [-0.39, 0.29) is 54.7 Å². The molecular weight excluding hydrogens is 412 g/mol. The summed E-state index contributed by atoms with van der Waals surface area (Å²) in [6.07, 6.45) is 2.89. The van der Waals surface area contributed by atoms with Gasteiger partial charge >= 0.3 is 0 Å². The Kier molecular flexibility index (Phi) is 18.5. The van der Waals surface area contributed by atoms with Crippen molar-refractivity contribution in [2.75, 3.05) is 59.0 Å². The highest BCUT2D eigenvalue weighted by atomic mass is 32.2. The van der Waals surface area contributed by atoms with Crippen LogP contribution in [0.1, 0.15) is 39.5 Å². The van der Waals surface area contributed by atoms with E-state index in [1.807, 2.05) is 13.8 Å². The van der Waals surface area contributed by atoms with Crippen molar-refractivity contribution < 1.29 is 33.4 Å². The first-order chi connectivity index (χ1) is 14.4. The van der Waals surface area contributed by atoms with E-state index < -0.39 is 0 Å². The van der Waals surface area contributed by atoms with Gasteiger partial charge in [0.25, 0.3) is 0 Å². The molecule has 0 bridgehead atoms. The normalized spacial score (nSPS) is 10.8. The number of rotatable bonds is 19. The van der Waals surface area contributed by atoms with E-state index in [2.05, 4.69) is 10.6 Å². The van der Waals surface area contributed by atoms with Gasteiger partial charge in [0.15, 0.2) is 5.12 Å². The lowest BCUT2D eigenvalue weighted by atomic mass is 10.1. The first-order valence-corrected chi connectivity index (χ1v) is 11.5. The van der Waals surface area contributed by atoms with Crippen LogP contribution in [0.4, 0.5) is 0 Å². The zero-order valence-electron chi connectivity index (χ0n) is 18.3. The summed E-state index contributed by atoms with van der Waals surface area (Å²) in [7, 11) is 0. The van der Waals surface area contributed by atoms with Gasteiger partial charge in [-0.05, 0) is 6.26 Å². The summed E-state index contributed by atoms with van der Waals surface area (Å²) < 4.78 is 15.8. The minimum Gasteiger partial charge on any atom is -0.380 e. The molecule has 2 amide bonds. The molecule has 174 valence electrons. The third kappa shape index (κ3) is 18.5. The molecule has 0 aliphatic heterocycles. The van der Waals surface area contributed by atoms with Gasteiger partial charge in [-0.2, -0.15) is 0 Å². The zero-order valence-corrected chi connectivity index (χ0v) is 19.1. The summed E-state index contributed by atoms with van der Waals surface area (Å²) >= 11 is 1.17. The molecule has 0 aromatic heterocycles. The SMILES string of the molecule is CSC(=O)CCOCCNC(=O)CCOCCC(=O)NCCOCCC(=O)C(C)C. The summed E-state index contributed by atoms with van der Waals surface area (Å²) in [6.45, 7) is 6.35. The molecule has 2 N–H and O–H groups in total. The predicted molar refractivity (Wildman–Crippen MR) is 115 cm³/mol. The van der Waals surface area contributed by atoms with Crippen LogP contribution in [0, 0.1) is 5.92 Å². The molecular formula is C20H36N2O7S. The molecule has 0 aromatic carbocycles. The summed E-state index contributed by atoms with van der Waals surface area (Å²) in [6, 6.07) is 0. The summed E-state index contributed by atoms with van der Waals surface area (Å²) in [4.78, 5) is 45.7. The van der Waals surface area contributed by atoms with Crippen LogP contribution in [-0.4, -0.2) is 81.7 Å². The Balaban J connectivity index is 3.42. The molecule has 30 heavy (non-hydrogen) atoms. The van der Waals surface area contributed by atoms with Crippen LogP contribution in [0.15, 0.2) is 0 Å². The van der Waals surface area contributed by atoms with E-state index in [4.69, 9.17) is 14.2 Å². The van der Waals surface area contributed by atoms with Crippen LogP contribution in [0.2, 0.25) is 0 Å². The van der Waals surface area contributed by atoms with Crippen molar-refractivity contribution in [1.29, 1.82) is 0 Å². The Morgan fingerprint density at radius 1 is 0.700 bits per heavy atom. The fraction of sp³-hybridized carbons (Fsp3) is 0.800. The van der Waals surface area contributed by atoms with E-state index in [0.717, 1.165) is 0 Å². The van der Waals surface area contributed by atoms with Crippen molar-refractivity contribution in [2.24, 2.45) is 5.92 Å². The largest absolute Gasteiger partial charge is 0.380 e. The molecule has 0 aliphatic rings. The topological polar surface area (TPSA) is 120 Å². The van der Waals surface area contributed by atoms with Crippen LogP contribution < -0.4 is 10.6 Å². The Hall–Kier alpha value is -1.49. The van der Waals surface area contributed by atoms with Gasteiger partial charge in [0.1, 0.15) is 5.78 Å². The van der Waals surface area contributed by atoms with Crippen LogP contribution >= 0.6 is 11.8 Å². The summed E-state index contributed by atoms with van der Waals surface area (Å²) in [5, 5.41) is 5.47. The maximum absolute atomic E-state index is 11.6. The second-order valence-electron chi connectivity index (χ2n) is 6.73. The summed E-state index contributed by atoms with van der Waals surface area (Å²) in [5.74, 6) is -0.131. The highest BCUT2D eigenvalue weighted by Crippen LogP contribution is 1.99.